The Hall–Kier alpha value is -0.120. The van der Waals surface area contributed by atoms with Gasteiger partial charge in [0.2, 0.25) is 0 Å². The number of piperidine rings is 1. The average molecular weight is 280 g/mol. The molecule has 2 atom stereocenters. The van der Waals surface area contributed by atoms with E-state index in [1.165, 1.54) is 51.6 Å². The number of aliphatic hydroxyl groups is 1. The maximum absolute atomic E-state index is 9.94. The highest BCUT2D eigenvalue weighted by atomic mass is 16.3. The van der Waals surface area contributed by atoms with E-state index in [2.05, 4.69) is 24.1 Å². The summed E-state index contributed by atoms with van der Waals surface area (Å²) in [6.45, 7) is 7.63. The molecular weight excluding hydrogens is 248 g/mol. The number of hydrogen-bond acceptors (Lipinski definition) is 3. The minimum atomic E-state index is 0.0248. The molecular formula is C17H32N2O. The number of nitrogens with zero attached hydrogens (tertiary/aromatic N) is 1. The predicted molar refractivity (Wildman–Crippen MR) is 82.8 cm³/mol. The van der Waals surface area contributed by atoms with Gasteiger partial charge in [-0.25, -0.2) is 0 Å². The van der Waals surface area contributed by atoms with Crippen LogP contribution in [-0.2, 0) is 0 Å². The standard InChI is InChI=1S/C17H32N2O/c1-16(2)8-10-19(11-9-16)15-4-3-7-17(12-15,13-20)18-14-5-6-14/h14-15,18,20H,3-13H2,1-2H3. The third-order valence-electron chi connectivity index (χ3n) is 5.88. The molecule has 0 amide bonds. The molecule has 0 aromatic carbocycles. The minimum Gasteiger partial charge on any atom is -0.394 e. The second kappa shape index (κ2) is 5.58. The molecule has 3 aliphatic rings. The number of rotatable bonds is 4. The van der Waals surface area contributed by atoms with Crippen molar-refractivity contribution in [2.75, 3.05) is 19.7 Å². The van der Waals surface area contributed by atoms with Crippen LogP contribution >= 0.6 is 0 Å². The summed E-state index contributed by atoms with van der Waals surface area (Å²) in [4.78, 5) is 2.71. The number of hydrogen-bond donors (Lipinski definition) is 2. The quantitative estimate of drug-likeness (QED) is 0.831. The smallest absolute Gasteiger partial charge is 0.0613 e. The van der Waals surface area contributed by atoms with E-state index in [1.807, 2.05) is 0 Å². The van der Waals surface area contributed by atoms with Crippen molar-refractivity contribution in [3.63, 3.8) is 0 Å². The fraction of sp³-hybridized carbons (Fsp3) is 1.00. The van der Waals surface area contributed by atoms with Gasteiger partial charge in [-0.15, -0.1) is 0 Å². The van der Waals surface area contributed by atoms with Gasteiger partial charge < -0.3 is 15.3 Å². The van der Waals surface area contributed by atoms with Crippen LogP contribution in [0.5, 0.6) is 0 Å². The first-order valence-electron chi connectivity index (χ1n) is 8.65. The minimum absolute atomic E-state index is 0.0248. The Kier molecular flexibility index (Phi) is 4.13. The van der Waals surface area contributed by atoms with Crippen LogP contribution in [0, 0.1) is 5.41 Å². The zero-order valence-corrected chi connectivity index (χ0v) is 13.3. The second-order valence-electron chi connectivity index (χ2n) is 8.31. The molecule has 1 aliphatic heterocycles. The Morgan fingerprint density at radius 1 is 1.10 bits per heavy atom. The van der Waals surface area contributed by atoms with Crippen molar-refractivity contribution in [1.82, 2.24) is 10.2 Å². The highest BCUT2D eigenvalue weighted by Crippen LogP contribution is 2.37. The molecule has 0 spiro atoms. The molecule has 116 valence electrons. The summed E-state index contributed by atoms with van der Waals surface area (Å²) >= 11 is 0. The van der Waals surface area contributed by atoms with Crippen LogP contribution in [0.1, 0.15) is 65.2 Å². The van der Waals surface area contributed by atoms with Gasteiger partial charge in [0.05, 0.1) is 6.61 Å². The van der Waals surface area contributed by atoms with Crippen LogP contribution in [0.25, 0.3) is 0 Å². The summed E-state index contributed by atoms with van der Waals surface area (Å²) in [6.07, 6.45) is 10.2. The van der Waals surface area contributed by atoms with Crippen LogP contribution in [0.4, 0.5) is 0 Å². The summed E-state index contributed by atoms with van der Waals surface area (Å²) in [7, 11) is 0. The lowest BCUT2D eigenvalue weighted by Crippen LogP contribution is -2.57. The number of likely N-dealkylation sites (tertiary alicyclic amines) is 1. The van der Waals surface area contributed by atoms with E-state index in [4.69, 9.17) is 0 Å². The van der Waals surface area contributed by atoms with Gasteiger partial charge >= 0.3 is 0 Å². The van der Waals surface area contributed by atoms with E-state index in [9.17, 15) is 5.11 Å². The molecule has 1 saturated heterocycles. The molecule has 20 heavy (non-hydrogen) atoms. The monoisotopic (exact) mass is 280 g/mol. The van der Waals surface area contributed by atoms with Crippen molar-refractivity contribution >= 4 is 0 Å². The summed E-state index contributed by atoms with van der Waals surface area (Å²) in [5.41, 5.74) is 0.558. The van der Waals surface area contributed by atoms with E-state index in [0.717, 1.165) is 12.8 Å². The van der Waals surface area contributed by atoms with Crippen molar-refractivity contribution in [3.05, 3.63) is 0 Å². The molecule has 3 nitrogen and oxygen atoms in total. The Bertz CT molecular complexity index is 330. The number of nitrogens with one attached hydrogen (secondary N) is 1. The first-order valence-corrected chi connectivity index (χ1v) is 8.65. The van der Waals surface area contributed by atoms with E-state index < -0.39 is 0 Å². The Balaban J connectivity index is 1.59. The van der Waals surface area contributed by atoms with Gasteiger partial charge in [-0.05, 0) is 69.9 Å². The third kappa shape index (κ3) is 3.37. The van der Waals surface area contributed by atoms with Gasteiger partial charge in [-0.1, -0.05) is 13.8 Å². The molecule has 2 unspecified atom stereocenters. The molecule has 0 bridgehead atoms. The molecule has 2 saturated carbocycles. The summed E-state index contributed by atoms with van der Waals surface area (Å²) in [6, 6.07) is 1.39. The second-order valence-corrected chi connectivity index (χ2v) is 8.31. The maximum atomic E-state index is 9.94. The fourth-order valence-electron chi connectivity index (χ4n) is 4.12. The molecule has 3 fully saturated rings. The first-order chi connectivity index (χ1) is 9.52. The number of aliphatic hydroxyl groups excluding tert-OH is 1. The van der Waals surface area contributed by atoms with Gasteiger partial charge in [-0.2, -0.15) is 0 Å². The van der Waals surface area contributed by atoms with Gasteiger partial charge in [0.15, 0.2) is 0 Å². The molecule has 2 aliphatic carbocycles. The molecule has 0 aromatic rings. The highest BCUT2D eigenvalue weighted by molar-refractivity contribution is 5.01. The zero-order valence-electron chi connectivity index (χ0n) is 13.3. The van der Waals surface area contributed by atoms with Gasteiger partial charge in [0.25, 0.3) is 0 Å². The molecule has 3 rings (SSSR count). The summed E-state index contributed by atoms with van der Waals surface area (Å²) in [5, 5.41) is 13.7. The molecule has 3 heteroatoms. The van der Waals surface area contributed by atoms with Crippen LogP contribution in [0.3, 0.4) is 0 Å². The average Bonchev–Trinajstić information content (AvgIpc) is 3.23. The van der Waals surface area contributed by atoms with E-state index in [-0.39, 0.29) is 5.54 Å². The van der Waals surface area contributed by atoms with Crippen molar-refractivity contribution in [3.8, 4) is 0 Å². The third-order valence-corrected chi connectivity index (χ3v) is 5.88. The Labute approximate surface area is 124 Å². The predicted octanol–water partition coefficient (Wildman–Crippen LogP) is 2.53. The maximum Gasteiger partial charge on any atom is 0.0613 e. The van der Waals surface area contributed by atoms with Gasteiger partial charge in [0, 0.05) is 17.6 Å². The van der Waals surface area contributed by atoms with Gasteiger partial charge in [-0.3, -0.25) is 0 Å². The lowest BCUT2D eigenvalue weighted by Gasteiger charge is -2.47. The lowest BCUT2D eigenvalue weighted by atomic mass is 9.76. The van der Waals surface area contributed by atoms with Gasteiger partial charge in [0.1, 0.15) is 0 Å². The molecule has 2 N–H and O–H groups in total. The Morgan fingerprint density at radius 3 is 2.40 bits per heavy atom. The lowest BCUT2D eigenvalue weighted by molar-refractivity contribution is 0.0293. The summed E-state index contributed by atoms with van der Waals surface area (Å²) in [5.74, 6) is 0. The topological polar surface area (TPSA) is 35.5 Å². The highest BCUT2D eigenvalue weighted by Gasteiger charge is 2.42. The van der Waals surface area contributed by atoms with Crippen LogP contribution < -0.4 is 5.32 Å². The van der Waals surface area contributed by atoms with E-state index in [1.54, 1.807) is 0 Å². The molecule has 0 aromatic heterocycles. The fourth-order valence-corrected chi connectivity index (χ4v) is 4.12. The molecule has 0 radical (unpaired) electrons. The van der Waals surface area contributed by atoms with Crippen molar-refractivity contribution < 1.29 is 5.11 Å². The SMILES string of the molecule is CC1(C)CCN(C2CCCC(CO)(NC3CC3)C2)CC1. The van der Waals surface area contributed by atoms with Crippen molar-refractivity contribution in [1.29, 1.82) is 0 Å². The van der Waals surface area contributed by atoms with Crippen molar-refractivity contribution in [2.24, 2.45) is 5.41 Å². The van der Waals surface area contributed by atoms with Crippen LogP contribution in [-0.4, -0.2) is 47.3 Å². The zero-order chi connectivity index (χ0) is 14.2. The largest absolute Gasteiger partial charge is 0.394 e. The van der Waals surface area contributed by atoms with Crippen LogP contribution in [0.2, 0.25) is 0 Å². The van der Waals surface area contributed by atoms with E-state index >= 15 is 0 Å². The van der Waals surface area contributed by atoms with Crippen LogP contribution in [0.15, 0.2) is 0 Å². The summed E-state index contributed by atoms with van der Waals surface area (Å²) < 4.78 is 0. The molecule has 1 heterocycles. The van der Waals surface area contributed by atoms with E-state index in [0.29, 0.717) is 24.1 Å². The first kappa shape index (κ1) is 14.8. The normalized spacial score (nSPS) is 38.9. The van der Waals surface area contributed by atoms with Crippen molar-refractivity contribution in [2.45, 2.75) is 82.8 Å². The Morgan fingerprint density at radius 2 is 1.80 bits per heavy atom.